The van der Waals surface area contributed by atoms with Crippen molar-refractivity contribution in [3.63, 3.8) is 0 Å². The second kappa shape index (κ2) is 43.1. The number of hydrogen-bond acceptors (Lipinski definition) is 2. The Labute approximate surface area is 67.7 Å². The minimum Gasteiger partial charge on any atom is -0.0776 e. The Morgan fingerprint density at radius 2 is 0.750 bits per heavy atom. The first-order valence-electron chi connectivity index (χ1n) is 0.565. The molecule has 0 N–H and O–H groups in total. The van der Waals surface area contributed by atoms with Gasteiger partial charge < -0.3 is 0 Å². The summed E-state index contributed by atoms with van der Waals surface area (Å²) in [6, 6.07) is 0. The second-order valence-corrected chi connectivity index (χ2v) is 4.41. The van der Waals surface area contributed by atoms with Crippen LogP contribution in [0.3, 0.4) is 0 Å². The van der Waals surface area contributed by atoms with E-state index in [1.165, 1.54) is 0 Å². The number of hydrogen-bond donors (Lipinski definition) is 0. The molecule has 0 saturated heterocycles. The van der Waals surface area contributed by atoms with Gasteiger partial charge >= 0.3 is 0 Å². The average Bonchev–Trinajstić information content (AvgIpc) is 1.37. The Hall–Kier alpha value is 1.04. The van der Waals surface area contributed by atoms with Gasteiger partial charge in [-0.3, -0.25) is 0 Å². The third-order valence-electron chi connectivity index (χ3n) is 0.0333. The van der Waals surface area contributed by atoms with Crippen LogP contribution in [-0.2, 0) is 23.6 Å². The molecule has 0 saturated carbocycles. The summed E-state index contributed by atoms with van der Waals surface area (Å²) in [5.41, 5.74) is 0. The van der Waals surface area contributed by atoms with Crippen molar-refractivity contribution in [2.24, 2.45) is 0 Å². The summed E-state index contributed by atoms with van der Waals surface area (Å²) in [5.74, 6) is 0. The van der Waals surface area contributed by atoms with E-state index in [0.717, 1.165) is 14.1 Å². The molecular weight excluding hydrogens is 174 g/mol. The fraction of sp³-hybridized carbons (Fsp3) is 1.00. The molecule has 0 nitrogen and oxygen atoms in total. The van der Waals surface area contributed by atoms with Crippen LogP contribution < -0.4 is 0 Å². The van der Waals surface area contributed by atoms with Crippen LogP contribution in [0.15, 0.2) is 0 Å². The average molecular weight is 190 g/mol. The van der Waals surface area contributed by atoms with E-state index in [4.69, 9.17) is 0 Å². The predicted molar refractivity (Wildman–Crippen MR) is 55.5 cm³/mol. The van der Waals surface area contributed by atoms with Gasteiger partial charge in [-0.05, 0) is 23.6 Å². The summed E-state index contributed by atoms with van der Waals surface area (Å²) in [7, 11) is 1.74. The van der Waals surface area contributed by atoms with Crippen molar-refractivity contribution in [3.8, 4) is 0 Å². The normalized spacial score (nSPS) is 4.50. The first-order chi connectivity index (χ1) is 1.91. The van der Waals surface area contributed by atoms with E-state index < -0.39 is 0 Å². The van der Waals surface area contributed by atoms with Crippen molar-refractivity contribution >= 4 is 37.7 Å². The lowest BCUT2D eigenvalue weighted by Gasteiger charge is -1.34. The van der Waals surface area contributed by atoms with Crippen molar-refractivity contribution in [1.82, 2.24) is 0 Å². The molecule has 0 unspecified atom stereocenters. The van der Waals surface area contributed by atoms with Crippen LogP contribution >= 0.6 is 14.1 Å². The van der Waals surface area contributed by atoms with E-state index in [-0.39, 0.29) is 29.7 Å². The molecule has 54 valence electrons. The molecule has 4 heteroatoms. The number of rotatable bonds is 1. The van der Waals surface area contributed by atoms with E-state index in [1.54, 1.807) is 0 Å². The van der Waals surface area contributed by atoms with Crippen LogP contribution in [0.5, 0.6) is 0 Å². The van der Waals surface area contributed by atoms with E-state index >= 15 is 0 Å². The molecule has 0 fully saturated rings. The third-order valence-corrected chi connectivity index (χ3v) is 2.70. The molecule has 0 aromatic heterocycles. The van der Waals surface area contributed by atoms with E-state index in [1.807, 2.05) is 0 Å². The smallest absolute Gasteiger partial charge is 0.0464 e. The quantitative estimate of drug-likeness (QED) is 0.566. The first kappa shape index (κ1) is 35.8. The largest absolute Gasteiger partial charge is 0.0776 e. The van der Waals surface area contributed by atoms with Crippen molar-refractivity contribution in [1.29, 1.82) is 0 Å². The topological polar surface area (TPSA) is 0 Å². The van der Waals surface area contributed by atoms with E-state index in [0.29, 0.717) is 0 Å². The first-order valence-corrected chi connectivity index (χ1v) is 5.09. The highest BCUT2D eigenvalue weighted by Gasteiger charge is 1.39. The van der Waals surface area contributed by atoms with Crippen molar-refractivity contribution in [2.75, 3.05) is 0 Å². The molecule has 0 aliphatic rings. The summed E-state index contributed by atoms with van der Waals surface area (Å²) in [6.07, 6.45) is 0. The third kappa shape index (κ3) is 61.7. The van der Waals surface area contributed by atoms with Crippen LogP contribution in [0.4, 0.5) is 0 Å². The van der Waals surface area contributed by atoms with E-state index in [2.05, 4.69) is 23.6 Å². The van der Waals surface area contributed by atoms with Gasteiger partial charge in [-0.25, -0.2) is 0 Å². The van der Waals surface area contributed by atoms with Crippen molar-refractivity contribution in [2.45, 2.75) is 29.7 Å². The lowest BCUT2D eigenvalue weighted by molar-refractivity contribution is 2.50. The molecule has 0 spiro atoms. The van der Waals surface area contributed by atoms with Gasteiger partial charge in [0.15, 0.2) is 0 Å². The molecule has 0 aromatic carbocycles. The fourth-order valence-electron chi connectivity index (χ4n) is 0. The zero-order chi connectivity index (χ0) is 3.41. The predicted octanol–water partition coefficient (Wildman–Crippen LogP) is 4.26. The highest BCUT2D eigenvalue weighted by molar-refractivity contribution is 8.40. The maximum Gasteiger partial charge on any atom is 0.0464 e. The minimum atomic E-state index is 0. The van der Waals surface area contributed by atoms with Crippen LogP contribution in [0.2, 0.25) is 0 Å². The fourth-order valence-corrected chi connectivity index (χ4v) is 0. The molecule has 0 radical (unpaired) electrons. The summed E-state index contributed by atoms with van der Waals surface area (Å²) in [6.45, 7) is 0. The Bertz CT molecular complexity index is 33.0. The van der Waals surface area contributed by atoms with Gasteiger partial charge in [-0.15, -0.1) is 0 Å². The van der Waals surface area contributed by atoms with Gasteiger partial charge in [0.05, 0.1) is 0 Å². The Kier molecular flexibility index (Phi) is 193. The molecule has 0 atom stereocenters. The van der Waals surface area contributed by atoms with Gasteiger partial charge in [0.2, 0.25) is 0 Å². The summed E-state index contributed by atoms with van der Waals surface area (Å²) in [4.78, 5) is 0. The summed E-state index contributed by atoms with van der Waals surface area (Å²) in [5, 5.41) is 0. The SMILES string of the molecule is C.C.C.C.S=PP=S. The van der Waals surface area contributed by atoms with Crippen LogP contribution in [0, 0.1) is 0 Å². The lowest BCUT2D eigenvalue weighted by Crippen LogP contribution is -0.780. The minimum absolute atomic E-state index is 0. The zero-order valence-electron chi connectivity index (χ0n) is 1.71. The molecule has 0 aliphatic heterocycles. The maximum atomic E-state index is 4.41. The monoisotopic (exact) mass is 190 g/mol. The molecule has 0 bridgehead atoms. The molecular formula is C4H16P2S2. The van der Waals surface area contributed by atoms with Gasteiger partial charge in [0.1, 0.15) is 0 Å². The van der Waals surface area contributed by atoms with Gasteiger partial charge in [-0.1, -0.05) is 29.7 Å². The van der Waals surface area contributed by atoms with E-state index in [9.17, 15) is 0 Å². The second-order valence-electron chi connectivity index (χ2n) is 0.163. The van der Waals surface area contributed by atoms with Crippen molar-refractivity contribution in [3.05, 3.63) is 0 Å². The molecule has 0 amide bonds. The highest BCUT2D eigenvalue weighted by atomic mass is 32.7. The Balaban J connectivity index is -0.00000000750. The summed E-state index contributed by atoms with van der Waals surface area (Å²) >= 11 is 8.82. The standard InChI is InChI=1S/4CH4.P2S2/c;;;;3-1-2-4/h4*1H4;. The molecule has 8 heavy (non-hydrogen) atoms. The van der Waals surface area contributed by atoms with Crippen LogP contribution in [0.25, 0.3) is 0 Å². The highest BCUT2D eigenvalue weighted by Crippen LogP contribution is 2.10. The Morgan fingerprint density at radius 3 is 0.750 bits per heavy atom. The van der Waals surface area contributed by atoms with Crippen molar-refractivity contribution < 1.29 is 0 Å². The lowest BCUT2D eigenvalue weighted by atomic mass is 12.0. The molecule has 0 rings (SSSR count). The molecule has 0 aromatic rings. The van der Waals surface area contributed by atoms with Crippen LogP contribution in [-0.4, -0.2) is 0 Å². The Morgan fingerprint density at radius 1 is 0.625 bits per heavy atom. The maximum absolute atomic E-state index is 4.41. The zero-order valence-corrected chi connectivity index (χ0v) is 5.13. The molecule has 0 heterocycles. The van der Waals surface area contributed by atoms with Gasteiger partial charge in [-0.2, -0.15) is 0 Å². The van der Waals surface area contributed by atoms with Crippen LogP contribution in [0.1, 0.15) is 29.7 Å². The van der Waals surface area contributed by atoms with Gasteiger partial charge in [0.25, 0.3) is 0 Å². The van der Waals surface area contributed by atoms with Gasteiger partial charge in [0, 0.05) is 14.1 Å². The molecule has 0 aliphatic carbocycles. The summed E-state index contributed by atoms with van der Waals surface area (Å²) < 4.78 is 0.